The van der Waals surface area contributed by atoms with Gasteiger partial charge in [0.25, 0.3) is 5.91 Å². The van der Waals surface area contributed by atoms with Crippen LogP contribution in [0.15, 0.2) is 30.5 Å². The van der Waals surface area contributed by atoms with E-state index in [1.165, 1.54) is 17.5 Å². The van der Waals surface area contributed by atoms with Gasteiger partial charge in [-0.3, -0.25) is 9.59 Å². The summed E-state index contributed by atoms with van der Waals surface area (Å²) in [5.41, 5.74) is 0.964. The number of aromatic nitrogens is 1. The van der Waals surface area contributed by atoms with Crippen molar-refractivity contribution in [1.82, 2.24) is 4.98 Å². The number of anilines is 1. The maximum absolute atomic E-state index is 12.5. The van der Waals surface area contributed by atoms with Crippen molar-refractivity contribution in [3.63, 3.8) is 0 Å². The molecule has 0 saturated heterocycles. The number of hydrogen-bond acceptors (Lipinski definition) is 6. The molecule has 3 heterocycles. The summed E-state index contributed by atoms with van der Waals surface area (Å²) in [5.74, 6) is -2.23. The van der Waals surface area contributed by atoms with Crippen LogP contribution in [0.25, 0.3) is 0 Å². The van der Waals surface area contributed by atoms with Crippen LogP contribution in [0, 0.1) is 17.2 Å². The molecule has 2 aromatic rings. The number of fused-ring (bicyclic) bond motifs is 1. The van der Waals surface area contributed by atoms with E-state index < -0.39 is 17.6 Å². The number of hydrogen-bond donors (Lipinski definition) is 1. The molecular formula is C16H13N3O3S. The van der Waals surface area contributed by atoms with Gasteiger partial charge in [0.2, 0.25) is 0 Å². The third-order valence-electron chi connectivity index (χ3n) is 3.44. The molecule has 0 unspecified atom stereocenters. The SMILES string of the molecule is N#C[C@@H](C(=O)Nc1ccccn1)C(=O)c1cc2c(s1)CCOC2. The second-order valence-corrected chi connectivity index (χ2v) is 6.13. The highest BCUT2D eigenvalue weighted by Crippen LogP contribution is 2.28. The average molecular weight is 327 g/mol. The lowest BCUT2D eigenvalue weighted by molar-refractivity contribution is -0.117. The fourth-order valence-corrected chi connectivity index (χ4v) is 3.40. The minimum Gasteiger partial charge on any atom is -0.376 e. The van der Waals surface area contributed by atoms with E-state index in [9.17, 15) is 14.9 Å². The summed E-state index contributed by atoms with van der Waals surface area (Å²) in [6.45, 7) is 1.10. The normalized spacial score (nSPS) is 14.4. The van der Waals surface area contributed by atoms with Crippen molar-refractivity contribution >= 4 is 28.8 Å². The fraction of sp³-hybridized carbons (Fsp3) is 0.250. The van der Waals surface area contributed by atoms with E-state index in [2.05, 4.69) is 10.3 Å². The minimum atomic E-state index is -1.39. The number of amides is 1. The van der Waals surface area contributed by atoms with Crippen molar-refractivity contribution in [2.45, 2.75) is 13.0 Å². The Morgan fingerprint density at radius 3 is 3.00 bits per heavy atom. The first-order chi connectivity index (χ1) is 11.2. The number of carbonyl (C=O) groups excluding carboxylic acids is 2. The van der Waals surface area contributed by atoms with Crippen LogP contribution in [0.4, 0.5) is 5.82 Å². The van der Waals surface area contributed by atoms with Crippen molar-refractivity contribution in [2.75, 3.05) is 11.9 Å². The Morgan fingerprint density at radius 2 is 2.30 bits per heavy atom. The largest absolute Gasteiger partial charge is 0.376 e. The van der Waals surface area contributed by atoms with E-state index in [0.717, 1.165) is 16.9 Å². The predicted octanol–water partition coefficient (Wildman–Crippen LogP) is 2.18. The summed E-state index contributed by atoms with van der Waals surface area (Å²) in [4.78, 5) is 30.1. The van der Waals surface area contributed by atoms with Crippen LogP contribution in [0.1, 0.15) is 20.1 Å². The molecule has 0 spiro atoms. The smallest absolute Gasteiger partial charge is 0.250 e. The molecule has 3 rings (SSSR count). The zero-order valence-corrected chi connectivity index (χ0v) is 12.9. The van der Waals surface area contributed by atoms with Crippen molar-refractivity contribution in [3.05, 3.63) is 45.8 Å². The lowest BCUT2D eigenvalue weighted by Crippen LogP contribution is -2.28. The summed E-state index contributed by atoms with van der Waals surface area (Å²) in [7, 11) is 0. The van der Waals surface area contributed by atoms with E-state index in [1.807, 2.05) is 0 Å². The van der Waals surface area contributed by atoms with E-state index >= 15 is 0 Å². The Balaban J connectivity index is 1.77. The molecule has 1 aliphatic rings. The molecule has 1 amide bonds. The van der Waals surface area contributed by atoms with E-state index in [-0.39, 0.29) is 0 Å². The highest BCUT2D eigenvalue weighted by molar-refractivity contribution is 7.14. The molecule has 0 radical (unpaired) electrons. The van der Waals surface area contributed by atoms with Gasteiger partial charge in [0.05, 0.1) is 24.2 Å². The van der Waals surface area contributed by atoms with E-state index in [4.69, 9.17) is 4.74 Å². The molecule has 1 atom stereocenters. The van der Waals surface area contributed by atoms with Crippen molar-refractivity contribution in [2.24, 2.45) is 5.92 Å². The number of pyridine rings is 1. The molecule has 0 fully saturated rings. The summed E-state index contributed by atoms with van der Waals surface area (Å²) >= 11 is 1.33. The van der Waals surface area contributed by atoms with Gasteiger partial charge in [0, 0.05) is 17.5 Å². The molecule has 0 saturated carbocycles. The number of rotatable bonds is 4. The van der Waals surface area contributed by atoms with Crippen molar-refractivity contribution in [1.29, 1.82) is 5.26 Å². The van der Waals surface area contributed by atoms with E-state index in [0.29, 0.717) is 23.9 Å². The third-order valence-corrected chi connectivity index (χ3v) is 4.69. The standard InChI is InChI=1S/C16H13N3O3S/c17-8-11(16(21)19-14-3-1-2-5-18-14)15(20)13-7-10-9-22-6-4-12(10)23-13/h1-3,5,7,11H,4,6,9H2,(H,18,19,21)/t11-/m1/s1. The quantitative estimate of drug-likeness (QED) is 0.686. The zero-order chi connectivity index (χ0) is 16.2. The number of ether oxygens (including phenoxy) is 1. The Kier molecular flexibility index (Phi) is 4.46. The number of nitriles is 1. The number of thiophene rings is 1. The summed E-state index contributed by atoms with van der Waals surface area (Å²) in [6, 6.07) is 8.52. The van der Waals surface area contributed by atoms with Crippen LogP contribution in [-0.2, 0) is 22.6 Å². The van der Waals surface area contributed by atoms with E-state index in [1.54, 1.807) is 30.3 Å². The summed E-state index contributed by atoms with van der Waals surface area (Å²) in [5, 5.41) is 11.7. The fourth-order valence-electron chi connectivity index (χ4n) is 2.28. The lowest BCUT2D eigenvalue weighted by Gasteiger charge is -2.10. The van der Waals surface area contributed by atoms with Crippen molar-refractivity contribution < 1.29 is 14.3 Å². The van der Waals surface area contributed by atoms with Gasteiger partial charge in [-0.1, -0.05) is 6.07 Å². The van der Waals surface area contributed by atoms with Gasteiger partial charge in [-0.05, 0) is 23.8 Å². The molecular weight excluding hydrogens is 314 g/mol. The predicted molar refractivity (Wildman–Crippen MR) is 84.0 cm³/mol. The number of nitrogens with zero attached hydrogens (tertiary/aromatic N) is 2. The number of ketones is 1. The van der Waals surface area contributed by atoms with Crippen LogP contribution in [0.2, 0.25) is 0 Å². The summed E-state index contributed by atoms with van der Waals surface area (Å²) in [6.07, 6.45) is 2.27. The lowest BCUT2D eigenvalue weighted by atomic mass is 10.0. The van der Waals surface area contributed by atoms with Crippen LogP contribution in [0.5, 0.6) is 0 Å². The van der Waals surface area contributed by atoms with Crippen LogP contribution in [-0.4, -0.2) is 23.3 Å². The van der Waals surface area contributed by atoms with Crippen LogP contribution >= 0.6 is 11.3 Å². The maximum Gasteiger partial charge on any atom is 0.250 e. The molecule has 1 aliphatic heterocycles. The first-order valence-electron chi connectivity index (χ1n) is 7.04. The number of Topliss-reactive ketones (excluding diaryl/α,β-unsaturated/α-hetero) is 1. The molecule has 0 aromatic carbocycles. The second kappa shape index (κ2) is 6.69. The first kappa shape index (κ1) is 15.3. The average Bonchev–Trinajstić information content (AvgIpc) is 3.00. The third kappa shape index (κ3) is 3.28. The van der Waals surface area contributed by atoms with Crippen molar-refractivity contribution in [3.8, 4) is 6.07 Å². The molecule has 0 aliphatic carbocycles. The van der Waals surface area contributed by atoms with Gasteiger partial charge in [-0.15, -0.1) is 11.3 Å². The van der Waals surface area contributed by atoms with Crippen LogP contribution < -0.4 is 5.32 Å². The molecule has 116 valence electrons. The Hall–Kier alpha value is -2.56. The summed E-state index contributed by atoms with van der Waals surface area (Å²) < 4.78 is 5.35. The second-order valence-electron chi connectivity index (χ2n) is 4.99. The Bertz CT molecular complexity index is 756. The van der Waals surface area contributed by atoms with Crippen LogP contribution in [0.3, 0.4) is 0 Å². The molecule has 1 N–H and O–H groups in total. The highest BCUT2D eigenvalue weighted by atomic mass is 32.1. The van der Waals surface area contributed by atoms with Gasteiger partial charge in [-0.25, -0.2) is 4.98 Å². The number of carbonyl (C=O) groups is 2. The Labute approximate surface area is 136 Å². The first-order valence-corrected chi connectivity index (χ1v) is 7.85. The zero-order valence-electron chi connectivity index (χ0n) is 12.1. The molecule has 23 heavy (non-hydrogen) atoms. The highest BCUT2D eigenvalue weighted by Gasteiger charge is 2.30. The molecule has 2 aromatic heterocycles. The molecule has 6 nitrogen and oxygen atoms in total. The topological polar surface area (TPSA) is 92.1 Å². The van der Waals surface area contributed by atoms with Gasteiger partial charge >= 0.3 is 0 Å². The van der Waals surface area contributed by atoms with Gasteiger partial charge in [-0.2, -0.15) is 5.26 Å². The monoisotopic (exact) mass is 327 g/mol. The minimum absolute atomic E-state index is 0.310. The van der Waals surface area contributed by atoms with Gasteiger partial charge in [0.15, 0.2) is 11.7 Å². The van der Waals surface area contributed by atoms with Gasteiger partial charge < -0.3 is 10.1 Å². The maximum atomic E-state index is 12.5. The Morgan fingerprint density at radius 1 is 1.43 bits per heavy atom. The van der Waals surface area contributed by atoms with Gasteiger partial charge in [0.1, 0.15) is 5.82 Å². The molecule has 7 heteroatoms. The molecule has 0 bridgehead atoms. The number of nitrogens with one attached hydrogen (secondary N) is 1.